The van der Waals surface area contributed by atoms with E-state index < -0.39 is 12.0 Å². The Morgan fingerprint density at radius 3 is 2.63 bits per heavy atom. The molecule has 2 heterocycles. The lowest BCUT2D eigenvalue weighted by molar-refractivity contribution is -0.122. The van der Waals surface area contributed by atoms with Gasteiger partial charge in [-0.05, 0) is 71.6 Å². The van der Waals surface area contributed by atoms with Gasteiger partial charge < -0.3 is 19.1 Å². The minimum absolute atomic E-state index is 0.0680. The van der Waals surface area contributed by atoms with Crippen molar-refractivity contribution in [2.45, 2.75) is 25.9 Å². The SMILES string of the molecule is COC(=O)c1ccc(CN2C(=O)c3ccc(Cl)cc3CC(=O)[C@H]2C)cc1-c1ccc2c(c1)OCO2. The van der Waals surface area contributed by atoms with E-state index in [9.17, 15) is 14.4 Å². The second-order valence-corrected chi connectivity index (χ2v) is 8.93. The molecule has 0 unspecified atom stereocenters. The highest BCUT2D eigenvalue weighted by molar-refractivity contribution is 6.30. The molecule has 0 aliphatic carbocycles. The number of halogens is 1. The highest BCUT2D eigenvalue weighted by Crippen LogP contribution is 2.37. The number of hydrogen-bond acceptors (Lipinski definition) is 6. The summed E-state index contributed by atoms with van der Waals surface area (Å²) in [5, 5.41) is 0.484. The van der Waals surface area contributed by atoms with Crippen LogP contribution in [0.25, 0.3) is 11.1 Å². The van der Waals surface area contributed by atoms with Gasteiger partial charge in [-0.25, -0.2) is 4.79 Å². The van der Waals surface area contributed by atoms with Crippen molar-refractivity contribution >= 4 is 29.3 Å². The molecular formula is C27H22ClNO6. The third kappa shape index (κ3) is 4.23. The largest absolute Gasteiger partial charge is 0.465 e. The maximum absolute atomic E-state index is 13.4. The molecule has 2 aliphatic rings. The zero-order chi connectivity index (χ0) is 24.7. The van der Waals surface area contributed by atoms with E-state index in [2.05, 4.69) is 0 Å². The highest BCUT2D eigenvalue weighted by atomic mass is 35.5. The summed E-state index contributed by atoms with van der Waals surface area (Å²) in [6.45, 7) is 2.06. The van der Waals surface area contributed by atoms with E-state index in [-0.39, 0.29) is 31.4 Å². The molecule has 1 atom stereocenters. The molecule has 3 aromatic rings. The summed E-state index contributed by atoms with van der Waals surface area (Å²) < 4.78 is 15.9. The number of esters is 1. The molecule has 3 aromatic carbocycles. The van der Waals surface area contributed by atoms with Crippen LogP contribution in [-0.4, -0.2) is 42.5 Å². The van der Waals surface area contributed by atoms with Gasteiger partial charge in [0, 0.05) is 23.6 Å². The number of rotatable bonds is 4. The lowest BCUT2D eigenvalue weighted by Gasteiger charge is -2.27. The average molecular weight is 492 g/mol. The van der Waals surface area contributed by atoms with Crippen LogP contribution in [0.4, 0.5) is 0 Å². The first-order chi connectivity index (χ1) is 16.9. The Morgan fingerprint density at radius 2 is 1.83 bits per heavy atom. The number of methoxy groups -OCH3 is 1. The number of carbonyl (C=O) groups excluding carboxylic acids is 3. The number of Topliss-reactive ketones (excluding diaryl/α,β-unsaturated/α-hetero) is 1. The number of ketones is 1. The molecule has 178 valence electrons. The van der Waals surface area contributed by atoms with Crippen molar-refractivity contribution in [1.29, 1.82) is 0 Å². The molecule has 0 N–H and O–H groups in total. The number of nitrogens with zero attached hydrogens (tertiary/aromatic N) is 1. The Hall–Kier alpha value is -3.84. The van der Waals surface area contributed by atoms with Crippen molar-refractivity contribution in [2.24, 2.45) is 0 Å². The summed E-state index contributed by atoms with van der Waals surface area (Å²) >= 11 is 6.10. The van der Waals surface area contributed by atoms with Crippen LogP contribution in [0.15, 0.2) is 54.6 Å². The van der Waals surface area contributed by atoms with Gasteiger partial charge in [-0.1, -0.05) is 23.7 Å². The quantitative estimate of drug-likeness (QED) is 0.493. The third-order valence-corrected chi connectivity index (χ3v) is 6.62. The number of ether oxygens (including phenoxy) is 3. The van der Waals surface area contributed by atoms with Gasteiger partial charge in [0.2, 0.25) is 6.79 Å². The fourth-order valence-corrected chi connectivity index (χ4v) is 4.64. The van der Waals surface area contributed by atoms with Crippen molar-refractivity contribution in [2.75, 3.05) is 13.9 Å². The third-order valence-electron chi connectivity index (χ3n) is 6.38. The fraction of sp³-hybridized carbons (Fsp3) is 0.222. The first kappa shape index (κ1) is 22.9. The fourth-order valence-electron chi connectivity index (χ4n) is 4.44. The zero-order valence-electron chi connectivity index (χ0n) is 19.2. The van der Waals surface area contributed by atoms with Crippen LogP contribution in [0, 0.1) is 0 Å². The first-order valence-electron chi connectivity index (χ1n) is 11.1. The minimum atomic E-state index is -0.622. The topological polar surface area (TPSA) is 82.1 Å². The standard InChI is InChI=1S/C27H22ClNO6/c1-15-23(30)11-18-10-19(28)5-7-20(18)26(31)29(15)13-16-3-6-21(27(32)33-2)22(9-16)17-4-8-24-25(12-17)35-14-34-24/h3-10,12,15H,11,13-14H2,1-2H3/t15-/m1/s1. The van der Waals surface area contributed by atoms with E-state index >= 15 is 0 Å². The van der Waals surface area contributed by atoms with Crippen molar-refractivity contribution in [3.05, 3.63) is 81.9 Å². The Bertz CT molecular complexity index is 1370. The van der Waals surface area contributed by atoms with Crippen molar-refractivity contribution < 1.29 is 28.6 Å². The van der Waals surface area contributed by atoms with Crippen LogP contribution in [0.3, 0.4) is 0 Å². The second-order valence-electron chi connectivity index (χ2n) is 8.49. The van der Waals surface area contributed by atoms with E-state index in [1.807, 2.05) is 12.1 Å². The predicted molar refractivity (Wildman–Crippen MR) is 129 cm³/mol. The summed E-state index contributed by atoms with van der Waals surface area (Å²) in [4.78, 5) is 40.4. The highest BCUT2D eigenvalue weighted by Gasteiger charge is 2.32. The molecule has 0 saturated heterocycles. The van der Waals surface area contributed by atoms with Gasteiger partial charge in [0.1, 0.15) is 0 Å². The van der Waals surface area contributed by atoms with Crippen molar-refractivity contribution in [3.8, 4) is 22.6 Å². The smallest absolute Gasteiger partial charge is 0.338 e. The van der Waals surface area contributed by atoms with Gasteiger partial charge >= 0.3 is 5.97 Å². The summed E-state index contributed by atoms with van der Waals surface area (Å²) in [5.74, 6) is 0.425. The Kier molecular flexibility index (Phi) is 5.94. The van der Waals surface area contributed by atoms with Gasteiger partial charge in [-0.15, -0.1) is 0 Å². The van der Waals surface area contributed by atoms with E-state index in [0.29, 0.717) is 38.8 Å². The van der Waals surface area contributed by atoms with Crippen LogP contribution < -0.4 is 9.47 Å². The van der Waals surface area contributed by atoms with Gasteiger partial charge in [-0.3, -0.25) is 9.59 Å². The molecule has 0 spiro atoms. The van der Waals surface area contributed by atoms with Gasteiger partial charge in [0.05, 0.1) is 18.7 Å². The van der Waals surface area contributed by atoms with E-state index in [4.69, 9.17) is 25.8 Å². The molecule has 0 bridgehead atoms. The molecule has 8 heteroatoms. The van der Waals surface area contributed by atoms with Gasteiger partial charge in [0.25, 0.3) is 5.91 Å². The molecule has 0 saturated carbocycles. The monoisotopic (exact) mass is 491 g/mol. The Morgan fingerprint density at radius 1 is 1.03 bits per heavy atom. The summed E-state index contributed by atoms with van der Waals surface area (Å²) in [5.41, 5.74) is 3.60. The molecular weight excluding hydrogens is 470 g/mol. The summed E-state index contributed by atoms with van der Waals surface area (Å²) in [6, 6.07) is 15.1. The van der Waals surface area contributed by atoms with Crippen LogP contribution in [0.2, 0.25) is 5.02 Å². The molecule has 0 aromatic heterocycles. The van der Waals surface area contributed by atoms with Crippen molar-refractivity contribution in [3.63, 3.8) is 0 Å². The van der Waals surface area contributed by atoms with E-state index in [0.717, 1.165) is 11.1 Å². The Balaban J connectivity index is 1.54. The van der Waals surface area contributed by atoms with Crippen LogP contribution in [0.5, 0.6) is 11.5 Å². The number of carbonyl (C=O) groups is 3. The van der Waals surface area contributed by atoms with Crippen LogP contribution in [-0.2, 0) is 22.5 Å². The Labute approximate surface area is 207 Å². The second kappa shape index (κ2) is 9.07. The average Bonchev–Trinajstić information content (AvgIpc) is 3.31. The van der Waals surface area contributed by atoms with E-state index in [1.54, 1.807) is 54.3 Å². The normalized spacial score (nSPS) is 16.7. The number of amides is 1. The predicted octanol–water partition coefficient (Wildman–Crippen LogP) is 4.68. The molecule has 0 radical (unpaired) electrons. The maximum atomic E-state index is 13.4. The molecule has 35 heavy (non-hydrogen) atoms. The van der Waals surface area contributed by atoms with Gasteiger partial charge in [-0.2, -0.15) is 0 Å². The lowest BCUT2D eigenvalue weighted by Crippen LogP contribution is -2.41. The van der Waals surface area contributed by atoms with E-state index in [1.165, 1.54) is 7.11 Å². The summed E-state index contributed by atoms with van der Waals surface area (Å²) in [6.07, 6.45) is 0.142. The summed E-state index contributed by atoms with van der Waals surface area (Å²) in [7, 11) is 1.33. The molecule has 2 aliphatic heterocycles. The van der Waals surface area contributed by atoms with Crippen LogP contribution >= 0.6 is 11.6 Å². The molecule has 1 amide bonds. The number of hydrogen-bond donors (Lipinski definition) is 0. The molecule has 5 rings (SSSR count). The molecule has 7 nitrogen and oxygen atoms in total. The first-order valence-corrected chi connectivity index (χ1v) is 11.5. The lowest BCUT2D eigenvalue weighted by atomic mass is 9.96. The number of fused-ring (bicyclic) bond motifs is 2. The minimum Gasteiger partial charge on any atom is -0.465 e. The maximum Gasteiger partial charge on any atom is 0.338 e. The van der Waals surface area contributed by atoms with Crippen LogP contribution in [0.1, 0.15) is 38.8 Å². The zero-order valence-corrected chi connectivity index (χ0v) is 19.9. The molecule has 0 fully saturated rings. The van der Waals surface area contributed by atoms with Gasteiger partial charge in [0.15, 0.2) is 17.3 Å². The number of benzene rings is 3. The van der Waals surface area contributed by atoms with Crippen molar-refractivity contribution in [1.82, 2.24) is 4.90 Å².